The monoisotopic (exact) mass is 451 g/mol. The summed E-state index contributed by atoms with van der Waals surface area (Å²) >= 11 is 0. The van der Waals surface area contributed by atoms with Crippen LogP contribution in [0, 0.1) is 5.41 Å². The first-order valence-electron chi connectivity index (χ1n) is 11.6. The maximum absolute atomic E-state index is 13.4. The molecule has 2 saturated heterocycles. The van der Waals surface area contributed by atoms with Crippen molar-refractivity contribution in [3.63, 3.8) is 0 Å². The van der Waals surface area contributed by atoms with Crippen molar-refractivity contribution in [2.45, 2.75) is 64.3 Å². The largest absolute Gasteiger partial charge is 0.444 e. The summed E-state index contributed by atoms with van der Waals surface area (Å²) < 4.78 is 17.1. The maximum Gasteiger partial charge on any atom is 0.413 e. The molecule has 0 bridgehead atoms. The van der Waals surface area contributed by atoms with E-state index in [1.807, 2.05) is 69.3 Å². The summed E-state index contributed by atoms with van der Waals surface area (Å²) in [6.07, 6.45) is 0.837. The number of hydrogen-bond donors (Lipinski definition) is 0. The summed E-state index contributed by atoms with van der Waals surface area (Å²) in [6, 6.07) is 19.1. The summed E-state index contributed by atoms with van der Waals surface area (Å²) in [5.41, 5.74) is 1.34. The molecule has 0 aliphatic carbocycles. The second kappa shape index (κ2) is 9.56. The molecule has 6 nitrogen and oxygen atoms in total. The molecule has 2 aliphatic heterocycles. The number of nitrogens with zero attached hydrogens (tertiary/aromatic N) is 1. The predicted octanol–water partition coefficient (Wildman–Crippen LogP) is 5.06. The van der Waals surface area contributed by atoms with Crippen LogP contribution in [-0.2, 0) is 31.0 Å². The molecule has 4 rings (SSSR count). The number of cyclic esters (lactones) is 1. The summed E-state index contributed by atoms with van der Waals surface area (Å²) in [5, 5.41) is 0. The van der Waals surface area contributed by atoms with E-state index in [1.165, 1.54) is 4.90 Å². The van der Waals surface area contributed by atoms with Gasteiger partial charge in [0, 0.05) is 24.0 Å². The van der Waals surface area contributed by atoms with Crippen molar-refractivity contribution in [1.82, 2.24) is 4.90 Å². The summed E-state index contributed by atoms with van der Waals surface area (Å²) in [5.74, 6) is -0.367. The average molecular weight is 452 g/mol. The van der Waals surface area contributed by atoms with Crippen LogP contribution >= 0.6 is 0 Å². The average Bonchev–Trinajstić information content (AvgIpc) is 3.16. The zero-order valence-electron chi connectivity index (χ0n) is 19.7. The molecule has 1 amide bonds. The van der Waals surface area contributed by atoms with Crippen molar-refractivity contribution in [1.29, 1.82) is 0 Å². The molecular formula is C27H33NO5. The van der Waals surface area contributed by atoms with E-state index in [0.717, 1.165) is 24.0 Å². The zero-order valence-corrected chi connectivity index (χ0v) is 19.7. The first-order chi connectivity index (χ1) is 15.8. The molecule has 2 atom stereocenters. The molecule has 0 N–H and O–H groups in total. The highest BCUT2D eigenvalue weighted by Gasteiger charge is 2.53. The molecular weight excluding hydrogens is 418 g/mol. The summed E-state index contributed by atoms with van der Waals surface area (Å²) in [6.45, 7) is 7.28. The number of esters is 1. The SMILES string of the molecule is CC(C)(C)[C@@H]1OC(=O)[C@H](CC2(c3ccccc3)CCOCC2)N1C(=O)OCc1ccccc1. The van der Waals surface area contributed by atoms with E-state index in [-0.39, 0.29) is 18.0 Å². The van der Waals surface area contributed by atoms with E-state index in [0.29, 0.717) is 19.6 Å². The Hall–Kier alpha value is -2.86. The Morgan fingerprint density at radius 2 is 1.64 bits per heavy atom. The third-order valence-electron chi connectivity index (χ3n) is 6.67. The lowest BCUT2D eigenvalue weighted by Gasteiger charge is -2.41. The van der Waals surface area contributed by atoms with Crippen molar-refractivity contribution in [3.8, 4) is 0 Å². The molecule has 6 heteroatoms. The second-order valence-electron chi connectivity index (χ2n) is 10.1. The van der Waals surface area contributed by atoms with Crippen LogP contribution in [0.4, 0.5) is 4.79 Å². The van der Waals surface area contributed by atoms with E-state index < -0.39 is 23.8 Å². The molecule has 2 heterocycles. The van der Waals surface area contributed by atoms with Gasteiger partial charge < -0.3 is 14.2 Å². The lowest BCUT2D eigenvalue weighted by Crippen LogP contribution is -2.50. The number of benzene rings is 2. The van der Waals surface area contributed by atoms with E-state index in [2.05, 4.69) is 12.1 Å². The second-order valence-corrected chi connectivity index (χ2v) is 10.1. The minimum absolute atomic E-state index is 0.144. The van der Waals surface area contributed by atoms with Crippen LogP contribution in [-0.4, -0.2) is 42.4 Å². The number of ether oxygens (including phenoxy) is 3. The molecule has 0 unspecified atom stereocenters. The van der Waals surface area contributed by atoms with Crippen molar-refractivity contribution < 1.29 is 23.8 Å². The smallest absolute Gasteiger partial charge is 0.413 e. The zero-order chi connectivity index (χ0) is 23.5. The Labute approximate surface area is 195 Å². The number of carbonyl (C=O) groups excluding carboxylic acids is 2. The molecule has 0 spiro atoms. The van der Waals surface area contributed by atoms with E-state index in [9.17, 15) is 9.59 Å². The summed E-state index contributed by atoms with van der Waals surface area (Å²) in [4.78, 5) is 28.1. The van der Waals surface area contributed by atoms with Crippen LogP contribution in [0.3, 0.4) is 0 Å². The molecule has 0 radical (unpaired) electrons. The lowest BCUT2D eigenvalue weighted by atomic mass is 9.70. The van der Waals surface area contributed by atoms with Crippen LogP contribution in [0.15, 0.2) is 60.7 Å². The maximum atomic E-state index is 13.4. The first-order valence-corrected chi connectivity index (χ1v) is 11.6. The predicted molar refractivity (Wildman–Crippen MR) is 124 cm³/mol. The Kier molecular flexibility index (Phi) is 6.75. The molecule has 0 aromatic heterocycles. The van der Waals surface area contributed by atoms with Crippen molar-refractivity contribution >= 4 is 12.1 Å². The standard InChI is InChI=1S/C27H33NO5/c1-26(2,3)24-28(25(30)32-19-20-10-6-4-7-11-20)22(23(29)33-24)18-27(14-16-31-17-15-27)21-12-8-5-9-13-21/h4-13,22,24H,14-19H2,1-3H3/t22-,24-/m0/s1. The van der Waals surface area contributed by atoms with E-state index >= 15 is 0 Å². The van der Waals surface area contributed by atoms with Gasteiger partial charge in [0.25, 0.3) is 0 Å². The number of hydrogen-bond acceptors (Lipinski definition) is 5. The van der Waals surface area contributed by atoms with Gasteiger partial charge in [-0.05, 0) is 30.4 Å². The van der Waals surface area contributed by atoms with Crippen molar-refractivity contribution in [2.75, 3.05) is 13.2 Å². The number of amides is 1. The highest BCUT2D eigenvalue weighted by Crippen LogP contribution is 2.43. The van der Waals surface area contributed by atoms with Gasteiger partial charge >= 0.3 is 12.1 Å². The van der Waals surface area contributed by atoms with Gasteiger partial charge in [-0.1, -0.05) is 81.4 Å². The third-order valence-corrected chi connectivity index (χ3v) is 6.67. The van der Waals surface area contributed by atoms with Gasteiger partial charge in [-0.15, -0.1) is 0 Å². The van der Waals surface area contributed by atoms with Crippen LogP contribution in [0.5, 0.6) is 0 Å². The summed E-state index contributed by atoms with van der Waals surface area (Å²) in [7, 11) is 0. The molecule has 2 aromatic carbocycles. The number of carbonyl (C=O) groups is 2. The highest BCUT2D eigenvalue weighted by atomic mass is 16.6. The van der Waals surface area contributed by atoms with Gasteiger partial charge in [-0.2, -0.15) is 0 Å². The molecule has 33 heavy (non-hydrogen) atoms. The van der Waals surface area contributed by atoms with Crippen LogP contribution in [0.2, 0.25) is 0 Å². The van der Waals surface area contributed by atoms with E-state index in [4.69, 9.17) is 14.2 Å². The van der Waals surface area contributed by atoms with Gasteiger partial charge in [0.15, 0.2) is 6.23 Å². The Morgan fingerprint density at radius 3 is 2.24 bits per heavy atom. The molecule has 176 valence electrons. The van der Waals surface area contributed by atoms with Crippen LogP contribution < -0.4 is 0 Å². The number of rotatable bonds is 5. The van der Waals surface area contributed by atoms with Crippen molar-refractivity contribution in [2.24, 2.45) is 5.41 Å². The van der Waals surface area contributed by atoms with Crippen LogP contribution in [0.1, 0.15) is 51.2 Å². The first kappa shape index (κ1) is 23.3. The minimum atomic E-state index is -0.712. The van der Waals surface area contributed by atoms with Crippen LogP contribution in [0.25, 0.3) is 0 Å². The quantitative estimate of drug-likeness (QED) is 0.595. The van der Waals surface area contributed by atoms with Gasteiger partial charge in [0.2, 0.25) is 0 Å². The Balaban J connectivity index is 1.62. The topological polar surface area (TPSA) is 65.1 Å². The minimum Gasteiger partial charge on any atom is -0.444 e. The lowest BCUT2D eigenvalue weighted by molar-refractivity contribution is -0.147. The Morgan fingerprint density at radius 1 is 1.03 bits per heavy atom. The molecule has 0 saturated carbocycles. The highest BCUT2D eigenvalue weighted by molar-refractivity contribution is 5.84. The normalized spacial score (nSPS) is 22.6. The third kappa shape index (κ3) is 5.06. The van der Waals surface area contributed by atoms with Gasteiger partial charge in [-0.25, -0.2) is 9.59 Å². The molecule has 2 aliphatic rings. The van der Waals surface area contributed by atoms with Gasteiger partial charge in [0.1, 0.15) is 12.6 Å². The van der Waals surface area contributed by atoms with E-state index in [1.54, 1.807) is 0 Å². The fourth-order valence-electron chi connectivity index (χ4n) is 4.85. The molecule has 2 fully saturated rings. The fraction of sp³-hybridized carbons (Fsp3) is 0.481. The van der Waals surface area contributed by atoms with Crippen molar-refractivity contribution in [3.05, 3.63) is 71.8 Å². The molecule has 2 aromatic rings. The Bertz CT molecular complexity index is 947. The van der Waals surface area contributed by atoms with Gasteiger partial charge in [-0.3, -0.25) is 4.90 Å². The fourth-order valence-corrected chi connectivity index (χ4v) is 4.85. The van der Waals surface area contributed by atoms with Gasteiger partial charge in [0.05, 0.1) is 0 Å².